The maximum Gasteiger partial charge on any atom is 0.410 e. The van der Waals surface area contributed by atoms with Crippen molar-refractivity contribution < 1.29 is 9.53 Å². The number of hydrogen-bond acceptors (Lipinski definition) is 6. The SMILES string of the molecule is Cc1ccc(N2CCN(C(=O)OC(CN=[N+]=[N-])(CN=[N+]=[N-])CN=[N+]=[N-])CC2)cc1. The second-order valence-electron chi connectivity index (χ2n) is 6.53. The van der Waals surface area contributed by atoms with Crippen LogP contribution in [-0.4, -0.2) is 62.4 Å². The van der Waals surface area contributed by atoms with E-state index in [0.717, 1.165) is 5.69 Å². The number of anilines is 1. The van der Waals surface area contributed by atoms with E-state index >= 15 is 0 Å². The Bertz CT molecular complexity index is 794. The first-order valence-electron chi connectivity index (χ1n) is 8.86. The topological polar surface area (TPSA) is 179 Å². The van der Waals surface area contributed by atoms with Crippen LogP contribution < -0.4 is 4.90 Å². The lowest BCUT2D eigenvalue weighted by molar-refractivity contribution is 0.00621. The van der Waals surface area contributed by atoms with Gasteiger partial charge in [0.25, 0.3) is 0 Å². The lowest BCUT2D eigenvalue weighted by Crippen LogP contribution is -2.53. The van der Waals surface area contributed by atoms with Gasteiger partial charge in [-0.25, -0.2) is 4.79 Å². The lowest BCUT2D eigenvalue weighted by Gasteiger charge is -2.38. The highest BCUT2D eigenvalue weighted by Crippen LogP contribution is 2.20. The van der Waals surface area contributed by atoms with Gasteiger partial charge in [0.1, 0.15) is 5.60 Å². The summed E-state index contributed by atoms with van der Waals surface area (Å²) in [5, 5.41) is 10.3. The second kappa shape index (κ2) is 10.5. The van der Waals surface area contributed by atoms with Crippen molar-refractivity contribution in [3.63, 3.8) is 0 Å². The molecule has 0 radical (unpaired) electrons. The molecule has 0 atom stereocenters. The second-order valence-corrected chi connectivity index (χ2v) is 6.53. The minimum atomic E-state index is -1.53. The maximum absolute atomic E-state index is 12.7. The third-order valence-corrected chi connectivity index (χ3v) is 4.51. The fourth-order valence-electron chi connectivity index (χ4n) is 2.88. The monoisotopic (exact) mass is 399 g/mol. The van der Waals surface area contributed by atoms with Crippen molar-refractivity contribution in [2.75, 3.05) is 50.7 Å². The fourth-order valence-corrected chi connectivity index (χ4v) is 2.88. The quantitative estimate of drug-likeness (QED) is 0.365. The number of aryl methyl sites for hydroxylation is 1. The molecule has 1 aliphatic heterocycles. The van der Waals surface area contributed by atoms with Crippen molar-refractivity contribution in [3.05, 3.63) is 61.2 Å². The number of carbonyl (C=O) groups excluding carboxylic acids is 1. The average molecular weight is 399 g/mol. The molecule has 13 heteroatoms. The van der Waals surface area contributed by atoms with Crippen molar-refractivity contribution in [2.45, 2.75) is 12.5 Å². The number of azide groups is 3. The van der Waals surface area contributed by atoms with Gasteiger partial charge in [-0.2, -0.15) is 0 Å². The van der Waals surface area contributed by atoms with Gasteiger partial charge in [-0.05, 0) is 35.6 Å². The molecule has 0 spiro atoms. The van der Waals surface area contributed by atoms with Gasteiger partial charge in [0, 0.05) is 46.6 Å². The largest absolute Gasteiger partial charge is 0.442 e. The Labute approximate surface area is 166 Å². The summed E-state index contributed by atoms with van der Waals surface area (Å²) in [6.07, 6.45) is -0.650. The molecule has 1 aromatic carbocycles. The molecule has 0 bridgehead atoms. The molecule has 1 heterocycles. The molecule has 1 saturated heterocycles. The van der Waals surface area contributed by atoms with Gasteiger partial charge in [0.15, 0.2) is 0 Å². The highest BCUT2D eigenvalue weighted by Gasteiger charge is 2.35. The van der Waals surface area contributed by atoms with Crippen LogP contribution in [0.3, 0.4) is 0 Å². The molecule has 1 fully saturated rings. The molecular weight excluding hydrogens is 378 g/mol. The number of rotatable bonds is 8. The molecule has 152 valence electrons. The zero-order valence-electron chi connectivity index (χ0n) is 16.0. The van der Waals surface area contributed by atoms with Gasteiger partial charge in [0.2, 0.25) is 0 Å². The van der Waals surface area contributed by atoms with E-state index in [1.54, 1.807) is 0 Å². The van der Waals surface area contributed by atoms with Gasteiger partial charge in [-0.3, -0.25) is 0 Å². The van der Waals surface area contributed by atoms with Crippen molar-refractivity contribution in [3.8, 4) is 0 Å². The average Bonchev–Trinajstić information content (AvgIpc) is 2.75. The zero-order valence-corrected chi connectivity index (χ0v) is 16.0. The first-order chi connectivity index (χ1) is 14.0. The van der Waals surface area contributed by atoms with Crippen molar-refractivity contribution >= 4 is 11.8 Å². The van der Waals surface area contributed by atoms with Gasteiger partial charge >= 0.3 is 6.09 Å². The predicted molar refractivity (Wildman–Crippen MR) is 106 cm³/mol. The number of piperazine rings is 1. The van der Waals surface area contributed by atoms with E-state index in [-0.39, 0.29) is 19.6 Å². The van der Waals surface area contributed by atoms with Crippen LogP contribution in [0.2, 0.25) is 0 Å². The van der Waals surface area contributed by atoms with Gasteiger partial charge in [-0.1, -0.05) is 33.0 Å². The Morgan fingerprint density at radius 3 is 1.90 bits per heavy atom. The Morgan fingerprint density at radius 2 is 1.45 bits per heavy atom. The zero-order chi connectivity index (χ0) is 21.1. The minimum absolute atomic E-state index is 0.323. The number of carbonyl (C=O) groups is 1. The van der Waals surface area contributed by atoms with Crippen LogP contribution in [-0.2, 0) is 4.74 Å². The third-order valence-electron chi connectivity index (χ3n) is 4.51. The Kier molecular flexibility index (Phi) is 7.81. The minimum Gasteiger partial charge on any atom is -0.442 e. The molecule has 1 amide bonds. The van der Waals surface area contributed by atoms with Crippen LogP contribution in [0.1, 0.15) is 5.56 Å². The van der Waals surface area contributed by atoms with Crippen LogP contribution in [0.4, 0.5) is 10.5 Å². The summed E-state index contributed by atoms with van der Waals surface area (Å²) in [4.78, 5) is 24.3. The number of amides is 1. The van der Waals surface area contributed by atoms with Crippen molar-refractivity contribution in [1.82, 2.24) is 4.90 Å². The molecule has 29 heavy (non-hydrogen) atoms. The predicted octanol–water partition coefficient (Wildman–Crippen LogP) is 3.92. The molecule has 0 unspecified atom stereocenters. The molecule has 0 N–H and O–H groups in total. The Morgan fingerprint density at radius 1 is 0.966 bits per heavy atom. The molecule has 1 aliphatic rings. The smallest absolute Gasteiger partial charge is 0.410 e. The molecule has 0 aliphatic carbocycles. The van der Waals surface area contributed by atoms with E-state index in [1.807, 2.05) is 31.2 Å². The van der Waals surface area contributed by atoms with Crippen LogP contribution in [0, 0.1) is 6.92 Å². The normalized spacial score (nSPS) is 15.2. The Balaban J connectivity index is 2.06. The van der Waals surface area contributed by atoms with E-state index < -0.39 is 11.7 Å². The standard InChI is InChI=1S/C16H21N11O2/c1-13-2-4-14(5-3-13)26-6-8-27(9-7-26)15(28)29-16(10-20-23-17,11-21-24-18)12-22-25-19/h2-5H,6-12H2,1H3. The van der Waals surface area contributed by atoms with E-state index in [0.29, 0.717) is 26.2 Å². The first-order valence-corrected chi connectivity index (χ1v) is 8.86. The third kappa shape index (κ3) is 6.12. The number of benzene rings is 1. The van der Waals surface area contributed by atoms with Gasteiger partial charge in [0.05, 0.1) is 19.6 Å². The number of hydrogen-bond donors (Lipinski definition) is 0. The maximum atomic E-state index is 12.7. The van der Waals surface area contributed by atoms with E-state index in [1.165, 1.54) is 10.5 Å². The molecular formula is C16H21N11O2. The summed E-state index contributed by atoms with van der Waals surface area (Å²) in [6, 6.07) is 8.14. The highest BCUT2D eigenvalue weighted by molar-refractivity contribution is 5.69. The summed E-state index contributed by atoms with van der Waals surface area (Å²) < 4.78 is 5.51. The van der Waals surface area contributed by atoms with Crippen LogP contribution in [0.15, 0.2) is 39.6 Å². The van der Waals surface area contributed by atoms with Gasteiger partial charge < -0.3 is 14.5 Å². The lowest BCUT2D eigenvalue weighted by atomic mass is 10.1. The highest BCUT2D eigenvalue weighted by atomic mass is 16.6. The summed E-state index contributed by atoms with van der Waals surface area (Å²) in [5.74, 6) is 0. The van der Waals surface area contributed by atoms with Crippen LogP contribution in [0.25, 0.3) is 31.3 Å². The molecule has 1 aromatic rings. The molecule has 0 saturated carbocycles. The van der Waals surface area contributed by atoms with Gasteiger partial charge in [-0.15, -0.1) is 0 Å². The number of nitrogens with zero attached hydrogens (tertiary/aromatic N) is 11. The molecule has 2 rings (SSSR count). The summed E-state index contributed by atoms with van der Waals surface area (Å²) in [6.45, 7) is 3.14. The van der Waals surface area contributed by atoms with E-state index in [9.17, 15) is 4.79 Å². The van der Waals surface area contributed by atoms with Crippen LogP contribution in [0.5, 0.6) is 0 Å². The first kappa shape index (κ1) is 21.5. The summed E-state index contributed by atoms with van der Waals surface area (Å²) in [7, 11) is 0. The molecule has 0 aromatic heterocycles. The van der Waals surface area contributed by atoms with Crippen molar-refractivity contribution in [1.29, 1.82) is 0 Å². The summed E-state index contributed by atoms with van der Waals surface area (Å²) in [5.41, 5.74) is 26.6. The Hall–Kier alpha value is -3.78. The van der Waals surface area contributed by atoms with E-state index in [2.05, 4.69) is 35.0 Å². The number of ether oxygens (including phenoxy) is 1. The fraction of sp³-hybridized carbons (Fsp3) is 0.562. The van der Waals surface area contributed by atoms with E-state index in [4.69, 9.17) is 21.3 Å². The molecule has 13 nitrogen and oxygen atoms in total. The summed E-state index contributed by atoms with van der Waals surface area (Å²) >= 11 is 0. The van der Waals surface area contributed by atoms with Crippen molar-refractivity contribution in [2.24, 2.45) is 15.3 Å². The van der Waals surface area contributed by atoms with Crippen LogP contribution >= 0.6 is 0 Å².